The molecule has 21 heavy (non-hydrogen) atoms. The van der Waals surface area contributed by atoms with Gasteiger partial charge in [-0.05, 0) is 38.5 Å². The SMILES string of the molecule is Cc1c(Cl)nc(C2CC2)nc1N1CCN(CC2CC2)CC1. The average molecular weight is 307 g/mol. The highest BCUT2D eigenvalue weighted by Gasteiger charge is 2.30. The number of hydrogen-bond donors (Lipinski definition) is 0. The van der Waals surface area contributed by atoms with Gasteiger partial charge in [0.15, 0.2) is 0 Å². The fourth-order valence-corrected chi connectivity index (χ4v) is 3.30. The molecule has 0 spiro atoms. The van der Waals surface area contributed by atoms with Crippen LogP contribution in [0.25, 0.3) is 0 Å². The number of aromatic nitrogens is 2. The highest BCUT2D eigenvalue weighted by atomic mass is 35.5. The first-order valence-electron chi connectivity index (χ1n) is 8.22. The number of halogens is 1. The quantitative estimate of drug-likeness (QED) is 0.801. The molecule has 1 aromatic rings. The summed E-state index contributed by atoms with van der Waals surface area (Å²) in [7, 11) is 0. The van der Waals surface area contributed by atoms with Gasteiger partial charge in [-0.2, -0.15) is 0 Å². The van der Waals surface area contributed by atoms with Crippen molar-refractivity contribution in [2.45, 2.75) is 38.5 Å². The maximum atomic E-state index is 6.33. The summed E-state index contributed by atoms with van der Waals surface area (Å²) in [6, 6.07) is 0. The largest absolute Gasteiger partial charge is 0.354 e. The lowest BCUT2D eigenvalue weighted by molar-refractivity contribution is 0.247. The third-order valence-electron chi connectivity index (χ3n) is 4.91. The Morgan fingerprint density at radius 2 is 1.76 bits per heavy atom. The van der Waals surface area contributed by atoms with Gasteiger partial charge in [0.2, 0.25) is 0 Å². The molecule has 1 aliphatic heterocycles. The molecule has 2 heterocycles. The second-order valence-electron chi connectivity index (χ2n) is 6.83. The zero-order chi connectivity index (χ0) is 14.4. The van der Waals surface area contributed by atoms with E-state index in [9.17, 15) is 0 Å². The molecule has 4 nitrogen and oxygen atoms in total. The molecular weight excluding hydrogens is 284 g/mol. The number of rotatable bonds is 4. The van der Waals surface area contributed by atoms with Crippen molar-refractivity contribution < 1.29 is 0 Å². The van der Waals surface area contributed by atoms with Crippen LogP contribution in [0.3, 0.4) is 0 Å². The molecule has 0 bridgehead atoms. The summed E-state index contributed by atoms with van der Waals surface area (Å²) in [6.07, 6.45) is 5.30. The molecule has 2 saturated carbocycles. The van der Waals surface area contributed by atoms with Crippen LogP contribution in [0.4, 0.5) is 5.82 Å². The van der Waals surface area contributed by atoms with E-state index in [1.165, 1.54) is 32.2 Å². The smallest absolute Gasteiger partial charge is 0.137 e. The highest BCUT2D eigenvalue weighted by Crippen LogP contribution is 2.40. The summed E-state index contributed by atoms with van der Waals surface area (Å²) in [6.45, 7) is 7.76. The normalized spacial score (nSPS) is 23.6. The zero-order valence-electron chi connectivity index (χ0n) is 12.7. The van der Waals surface area contributed by atoms with Crippen LogP contribution in [0.15, 0.2) is 0 Å². The van der Waals surface area contributed by atoms with Crippen molar-refractivity contribution in [3.8, 4) is 0 Å². The maximum absolute atomic E-state index is 6.33. The molecule has 3 aliphatic rings. The molecule has 4 rings (SSSR count). The second kappa shape index (κ2) is 5.40. The Bertz CT molecular complexity index is 531. The number of anilines is 1. The molecule has 0 N–H and O–H groups in total. The van der Waals surface area contributed by atoms with Crippen molar-refractivity contribution >= 4 is 17.4 Å². The van der Waals surface area contributed by atoms with Gasteiger partial charge in [-0.25, -0.2) is 9.97 Å². The summed E-state index contributed by atoms with van der Waals surface area (Å²) >= 11 is 6.33. The Kier molecular flexibility index (Phi) is 3.54. The van der Waals surface area contributed by atoms with Crippen LogP contribution in [0.2, 0.25) is 5.15 Å². The lowest BCUT2D eigenvalue weighted by Crippen LogP contribution is -2.47. The minimum atomic E-state index is 0.554. The van der Waals surface area contributed by atoms with Crippen LogP contribution in [-0.2, 0) is 0 Å². The molecule has 0 atom stereocenters. The molecule has 0 radical (unpaired) electrons. The number of nitrogens with zero attached hydrogens (tertiary/aromatic N) is 4. The molecule has 0 aromatic carbocycles. The van der Waals surface area contributed by atoms with Gasteiger partial charge in [-0.15, -0.1) is 0 Å². The van der Waals surface area contributed by atoms with Crippen molar-refractivity contribution in [3.63, 3.8) is 0 Å². The molecule has 3 fully saturated rings. The number of piperazine rings is 1. The van der Waals surface area contributed by atoms with Crippen molar-refractivity contribution in [2.75, 3.05) is 37.6 Å². The van der Waals surface area contributed by atoms with Crippen LogP contribution in [0.5, 0.6) is 0 Å². The molecule has 0 amide bonds. The predicted octanol–water partition coefficient (Wildman–Crippen LogP) is 2.85. The monoisotopic (exact) mass is 306 g/mol. The van der Waals surface area contributed by atoms with E-state index in [0.717, 1.165) is 49.3 Å². The summed E-state index contributed by atoms with van der Waals surface area (Å²) < 4.78 is 0. The van der Waals surface area contributed by atoms with E-state index in [0.29, 0.717) is 11.1 Å². The van der Waals surface area contributed by atoms with Crippen LogP contribution in [0.1, 0.15) is 43.0 Å². The lowest BCUT2D eigenvalue weighted by Gasteiger charge is -2.36. The molecule has 1 saturated heterocycles. The molecule has 114 valence electrons. The standard InChI is InChI=1S/C16H23ClN4/c1-11-14(17)18-15(13-4-5-13)19-16(11)21-8-6-20(7-9-21)10-12-2-3-12/h12-13H,2-10H2,1H3. The zero-order valence-corrected chi connectivity index (χ0v) is 13.4. The van der Waals surface area contributed by atoms with Gasteiger partial charge in [0.1, 0.15) is 16.8 Å². The van der Waals surface area contributed by atoms with Gasteiger partial charge in [0, 0.05) is 44.2 Å². The fraction of sp³-hybridized carbons (Fsp3) is 0.750. The van der Waals surface area contributed by atoms with E-state index in [4.69, 9.17) is 16.6 Å². The average Bonchev–Trinajstić information content (AvgIpc) is 3.36. The van der Waals surface area contributed by atoms with Gasteiger partial charge in [0.05, 0.1) is 0 Å². The molecular formula is C16H23ClN4. The first-order valence-corrected chi connectivity index (χ1v) is 8.60. The minimum Gasteiger partial charge on any atom is -0.354 e. The highest BCUT2D eigenvalue weighted by molar-refractivity contribution is 6.30. The Morgan fingerprint density at radius 3 is 2.38 bits per heavy atom. The summed E-state index contributed by atoms with van der Waals surface area (Å²) in [5, 5.41) is 0.641. The third-order valence-corrected chi connectivity index (χ3v) is 5.27. The first-order chi connectivity index (χ1) is 10.2. The summed E-state index contributed by atoms with van der Waals surface area (Å²) in [5.41, 5.74) is 1.04. The van der Waals surface area contributed by atoms with E-state index in [2.05, 4.69) is 14.8 Å². The van der Waals surface area contributed by atoms with Crippen molar-refractivity contribution in [3.05, 3.63) is 16.5 Å². The fourth-order valence-electron chi connectivity index (χ4n) is 3.13. The van der Waals surface area contributed by atoms with Gasteiger partial charge in [0.25, 0.3) is 0 Å². The Morgan fingerprint density at radius 1 is 1.05 bits per heavy atom. The van der Waals surface area contributed by atoms with Crippen LogP contribution in [0, 0.1) is 12.8 Å². The third kappa shape index (κ3) is 3.02. The Labute approximate surface area is 131 Å². The number of hydrogen-bond acceptors (Lipinski definition) is 4. The lowest BCUT2D eigenvalue weighted by atomic mass is 10.2. The van der Waals surface area contributed by atoms with E-state index in [1.54, 1.807) is 0 Å². The van der Waals surface area contributed by atoms with Crippen molar-refractivity contribution in [1.82, 2.24) is 14.9 Å². The second-order valence-corrected chi connectivity index (χ2v) is 7.18. The first kappa shape index (κ1) is 13.8. The van der Waals surface area contributed by atoms with Gasteiger partial charge in [-0.3, -0.25) is 4.90 Å². The summed E-state index contributed by atoms with van der Waals surface area (Å²) in [4.78, 5) is 14.3. The van der Waals surface area contributed by atoms with Crippen molar-refractivity contribution in [1.29, 1.82) is 0 Å². The molecule has 0 unspecified atom stereocenters. The van der Waals surface area contributed by atoms with Gasteiger partial charge < -0.3 is 4.90 Å². The van der Waals surface area contributed by atoms with Crippen molar-refractivity contribution in [2.24, 2.45) is 5.92 Å². The van der Waals surface area contributed by atoms with Crippen LogP contribution >= 0.6 is 11.6 Å². The minimum absolute atomic E-state index is 0.554. The van der Waals surface area contributed by atoms with E-state index >= 15 is 0 Å². The summed E-state index contributed by atoms with van der Waals surface area (Å²) in [5.74, 6) is 3.57. The Hall–Kier alpha value is -0.870. The molecule has 5 heteroatoms. The van der Waals surface area contributed by atoms with Gasteiger partial charge in [-0.1, -0.05) is 11.6 Å². The van der Waals surface area contributed by atoms with Crippen LogP contribution in [-0.4, -0.2) is 47.6 Å². The van der Waals surface area contributed by atoms with E-state index in [1.807, 2.05) is 6.92 Å². The van der Waals surface area contributed by atoms with Crippen LogP contribution < -0.4 is 4.90 Å². The van der Waals surface area contributed by atoms with Gasteiger partial charge >= 0.3 is 0 Å². The maximum Gasteiger partial charge on any atom is 0.137 e. The molecule has 2 aliphatic carbocycles. The van der Waals surface area contributed by atoms with E-state index < -0.39 is 0 Å². The van der Waals surface area contributed by atoms with E-state index in [-0.39, 0.29) is 0 Å². The topological polar surface area (TPSA) is 32.3 Å². The predicted molar refractivity (Wildman–Crippen MR) is 85.1 cm³/mol. The molecule has 1 aromatic heterocycles. The Balaban J connectivity index is 1.48.